The van der Waals surface area contributed by atoms with E-state index in [9.17, 15) is 19.2 Å². The predicted octanol–water partition coefficient (Wildman–Crippen LogP) is 5.61. The van der Waals surface area contributed by atoms with Gasteiger partial charge in [0, 0.05) is 5.92 Å². The van der Waals surface area contributed by atoms with Crippen LogP contribution in [0, 0.1) is 23.2 Å². The quantitative estimate of drug-likeness (QED) is 0.363. The summed E-state index contributed by atoms with van der Waals surface area (Å²) in [4.78, 5) is 53.7. The number of rotatable bonds is 9. The van der Waals surface area contributed by atoms with Crippen molar-refractivity contribution in [1.82, 2.24) is 0 Å². The Kier molecular flexibility index (Phi) is 9.33. The molecule has 166 valence electrons. The molecule has 0 aromatic rings. The second-order valence-electron chi connectivity index (χ2n) is 9.40. The van der Waals surface area contributed by atoms with Crippen LogP contribution in [-0.2, 0) is 19.2 Å². The molecule has 0 spiro atoms. The van der Waals surface area contributed by atoms with E-state index >= 15 is 0 Å². The summed E-state index contributed by atoms with van der Waals surface area (Å²) in [5.41, 5.74) is 1.62. The van der Waals surface area contributed by atoms with E-state index in [1.54, 1.807) is 6.92 Å². The van der Waals surface area contributed by atoms with E-state index in [1.165, 1.54) is 0 Å². The Balaban J connectivity index is 3.69. The van der Waals surface area contributed by atoms with Crippen LogP contribution < -0.4 is 0 Å². The molecule has 0 N–H and O–H groups in total. The minimum Gasteiger partial charge on any atom is -0.298 e. The van der Waals surface area contributed by atoms with Gasteiger partial charge in [-0.3, -0.25) is 19.2 Å². The summed E-state index contributed by atoms with van der Waals surface area (Å²) >= 11 is 0. The Morgan fingerprint density at radius 1 is 0.867 bits per heavy atom. The number of ketones is 4. The number of allylic oxidation sites excluding steroid dienone is 6. The van der Waals surface area contributed by atoms with Gasteiger partial charge in [-0.15, -0.1) is 0 Å². The maximum atomic E-state index is 13.7. The SMILES string of the molecule is CCC(C)C(=O)C1C(=O)C(CC=C(C)C)C(=O)C(CC=C(C)C)(CC=C(C)C)C1=O. The fourth-order valence-corrected chi connectivity index (χ4v) is 3.77. The van der Waals surface area contributed by atoms with Gasteiger partial charge in [0.05, 0.1) is 11.3 Å². The normalized spacial score (nSPS) is 21.7. The van der Waals surface area contributed by atoms with E-state index in [4.69, 9.17) is 0 Å². The summed E-state index contributed by atoms with van der Waals surface area (Å²) in [7, 11) is 0. The zero-order chi connectivity index (χ0) is 23.2. The lowest BCUT2D eigenvalue weighted by atomic mass is 9.57. The van der Waals surface area contributed by atoms with Gasteiger partial charge in [-0.1, -0.05) is 48.8 Å². The molecule has 0 aliphatic heterocycles. The van der Waals surface area contributed by atoms with Crippen molar-refractivity contribution in [3.8, 4) is 0 Å². The number of carbonyl (C=O) groups excluding carboxylic acids is 4. The molecule has 1 rings (SSSR count). The van der Waals surface area contributed by atoms with E-state index in [1.807, 2.05) is 66.7 Å². The molecule has 1 saturated carbocycles. The average molecular weight is 415 g/mol. The van der Waals surface area contributed by atoms with Gasteiger partial charge in [0.1, 0.15) is 5.92 Å². The molecule has 3 unspecified atom stereocenters. The fourth-order valence-electron chi connectivity index (χ4n) is 3.77. The number of hydrogen-bond acceptors (Lipinski definition) is 4. The van der Waals surface area contributed by atoms with E-state index < -0.39 is 34.7 Å². The topological polar surface area (TPSA) is 68.3 Å². The van der Waals surface area contributed by atoms with Crippen LogP contribution in [0.5, 0.6) is 0 Å². The highest BCUT2D eigenvalue weighted by Gasteiger charge is 2.59. The van der Waals surface area contributed by atoms with Crippen molar-refractivity contribution in [2.45, 2.75) is 81.1 Å². The molecule has 1 aliphatic rings. The monoisotopic (exact) mass is 414 g/mol. The third-order valence-corrected chi connectivity index (χ3v) is 6.01. The Labute approximate surface area is 181 Å². The third kappa shape index (κ3) is 5.74. The third-order valence-electron chi connectivity index (χ3n) is 6.01. The lowest BCUT2D eigenvalue weighted by Gasteiger charge is -2.40. The molecular formula is C26H38O4. The van der Waals surface area contributed by atoms with Gasteiger partial charge < -0.3 is 0 Å². The lowest BCUT2D eigenvalue weighted by Crippen LogP contribution is -2.58. The Bertz CT molecular complexity index is 762. The largest absolute Gasteiger partial charge is 0.298 e. The van der Waals surface area contributed by atoms with E-state index in [2.05, 4.69) is 0 Å². The molecule has 0 amide bonds. The van der Waals surface area contributed by atoms with Gasteiger partial charge in [0.2, 0.25) is 0 Å². The van der Waals surface area contributed by atoms with Gasteiger partial charge in [0.15, 0.2) is 23.1 Å². The highest BCUT2D eigenvalue weighted by Crippen LogP contribution is 2.44. The molecule has 0 bridgehead atoms. The van der Waals surface area contributed by atoms with Crippen molar-refractivity contribution < 1.29 is 19.2 Å². The summed E-state index contributed by atoms with van der Waals surface area (Å²) in [6.07, 6.45) is 6.85. The molecule has 4 heteroatoms. The highest BCUT2D eigenvalue weighted by atomic mass is 16.2. The molecule has 0 aromatic carbocycles. The van der Waals surface area contributed by atoms with Crippen molar-refractivity contribution >= 4 is 23.1 Å². The van der Waals surface area contributed by atoms with Crippen LogP contribution in [-0.4, -0.2) is 23.1 Å². The summed E-state index contributed by atoms with van der Waals surface area (Å²) in [6, 6.07) is 0. The van der Waals surface area contributed by atoms with Crippen LogP contribution in [0.3, 0.4) is 0 Å². The van der Waals surface area contributed by atoms with Crippen LogP contribution in [0.2, 0.25) is 0 Å². The van der Waals surface area contributed by atoms with Crippen molar-refractivity contribution in [3.05, 3.63) is 34.9 Å². The molecule has 0 radical (unpaired) electrons. The highest BCUT2D eigenvalue weighted by molar-refractivity contribution is 6.34. The zero-order valence-electron chi connectivity index (χ0n) is 19.9. The summed E-state index contributed by atoms with van der Waals surface area (Å²) in [5.74, 6) is -4.40. The average Bonchev–Trinajstić information content (AvgIpc) is 2.66. The molecule has 0 saturated heterocycles. The molecule has 1 fully saturated rings. The first-order chi connectivity index (χ1) is 13.9. The summed E-state index contributed by atoms with van der Waals surface area (Å²) < 4.78 is 0. The first-order valence-corrected chi connectivity index (χ1v) is 10.9. The predicted molar refractivity (Wildman–Crippen MR) is 121 cm³/mol. The minimum atomic E-state index is -1.36. The molecular weight excluding hydrogens is 376 g/mol. The maximum absolute atomic E-state index is 13.7. The van der Waals surface area contributed by atoms with Crippen LogP contribution in [0.4, 0.5) is 0 Å². The van der Waals surface area contributed by atoms with E-state index in [-0.39, 0.29) is 30.8 Å². The first kappa shape index (κ1) is 25.9. The van der Waals surface area contributed by atoms with Crippen molar-refractivity contribution in [2.24, 2.45) is 23.2 Å². The van der Waals surface area contributed by atoms with Crippen LogP contribution in [0.15, 0.2) is 34.9 Å². The Morgan fingerprint density at radius 2 is 1.33 bits per heavy atom. The van der Waals surface area contributed by atoms with Crippen molar-refractivity contribution in [2.75, 3.05) is 0 Å². The summed E-state index contributed by atoms with van der Waals surface area (Å²) in [5, 5.41) is 0. The van der Waals surface area contributed by atoms with Crippen LogP contribution in [0.25, 0.3) is 0 Å². The standard InChI is InChI=1S/C26H38O4/c1-9-19(8)22(27)21-23(28)20(11-10-16(2)3)24(29)26(25(21)30,14-12-17(4)5)15-13-18(6)7/h10,12-13,19-21H,9,11,14-15H2,1-8H3. The van der Waals surface area contributed by atoms with Crippen LogP contribution >= 0.6 is 0 Å². The van der Waals surface area contributed by atoms with Gasteiger partial charge in [0.25, 0.3) is 0 Å². The molecule has 1 aliphatic carbocycles. The minimum absolute atomic E-state index is 0.222. The second kappa shape index (κ2) is 10.8. The summed E-state index contributed by atoms with van der Waals surface area (Å²) in [6.45, 7) is 15.1. The number of Topliss-reactive ketones (excluding diaryl/α,β-unsaturated/α-hetero) is 4. The van der Waals surface area contributed by atoms with E-state index in [0.29, 0.717) is 6.42 Å². The van der Waals surface area contributed by atoms with Crippen LogP contribution in [0.1, 0.15) is 81.1 Å². The van der Waals surface area contributed by atoms with Gasteiger partial charge in [-0.2, -0.15) is 0 Å². The van der Waals surface area contributed by atoms with Crippen molar-refractivity contribution in [1.29, 1.82) is 0 Å². The van der Waals surface area contributed by atoms with Gasteiger partial charge >= 0.3 is 0 Å². The first-order valence-electron chi connectivity index (χ1n) is 10.9. The maximum Gasteiger partial charge on any atom is 0.164 e. The zero-order valence-corrected chi connectivity index (χ0v) is 19.9. The number of hydrogen-bond donors (Lipinski definition) is 0. The molecule has 0 heterocycles. The Hall–Kier alpha value is -2.10. The molecule has 3 atom stereocenters. The number of carbonyl (C=O) groups is 4. The van der Waals surface area contributed by atoms with Crippen molar-refractivity contribution in [3.63, 3.8) is 0 Å². The second-order valence-corrected chi connectivity index (χ2v) is 9.40. The molecule has 4 nitrogen and oxygen atoms in total. The van der Waals surface area contributed by atoms with Gasteiger partial charge in [-0.25, -0.2) is 0 Å². The lowest BCUT2D eigenvalue weighted by molar-refractivity contribution is -0.159. The fraction of sp³-hybridized carbons (Fsp3) is 0.615. The Morgan fingerprint density at radius 3 is 1.73 bits per heavy atom. The molecule has 0 aromatic heterocycles. The smallest absolute Gasteiger partial charge is 0.164 e. The van der Waals surface area contributed by atoms with Gasteiger partial charge in [-0.05, 0) is 67.2 Å². The molecule has 30 heavy (non-hydrogen) atoms. The van der Waals surface area contributed by atoms with E-state index in [0.717, 1.165) is 16.7 Å².